The molecule has 2 aromatic rings. The van der Waals surface area contributed by atoms with E-state index in [0.29, 0.717) is 6.54 Å². The Hall–Kier alpha value is -2.08. The molecule has 7 heteroatoms. The number of hydrogen-bond donors (Lipinski definition) is 1. The average Bonchev–Trinajstić information content (AvgIpc) is 2.99. The van der Waals surface area contributed by atoms with Crippen LogP contribution in [0, 0.1) is 5.82 Å². The molecule has 1 N–H and O–H groups in total. The molecular weight excluding hydrogens is 309 g/mol. The molecule has 0 fully saturated rings. The number of carbonyl (C=O) groups is 1. The number of nitrogens with zero attached hydrogens (tertiary/aromatic N) is 2. The van der Waals surface area contributed by atoms with E-state index in [2.05, 4.69) is 10.3 Å². The summed E-state index contributed by atoms with van der Waals surface area (Å²) in [6.07, 6.45) is 5.37. The zero-order valence-corrected chi connectivity index (χ0v) is 12.9. The standard InChI is InChI=1S/C15H17ClFN3O2/c1-11(22-14-4-3-12(17)9-13(14)16)15(21)19-5-2-7-20-8-6-18-10-20/h3-4,6,8-11H,2,5,7H2,1H3,(H,19,21). The Morgan fingerprint density at radius 1 is 1.55 bits per heavy atom. The molecule has 1 heterocycles. The monoisotopic (exact) mass is 325 g/mol. The quantitative estimate of drug-likeness (QED) is 0.796. The van der Waals surface area contributed by atoms with Gasteiger partial charge >= 0.3 is 0 Å². The second kappa shape index (κ2) is 7.79. The number of aryl methyl sites for hydroxylation is 1. The summed E-state index contributed by atoms with van der Waals surface area (Å²) in [4.78, 5) is 15.9. The molecule has 0 aliphatic heterocycles. The Kier molecular flexibility index (Phi) is 5.77. The molecule has 22 heavy (non-hydrogen) atoms. The molecule has 1 aromatic carbocycles. The van der Waals surface area contributed by atoms with E-state index in [4.69, 9.17) is 16.3 Å². The zero-order chi connectivity index (χ0) is 15.9. The molecule has 1 amide bonds. The van der Waals surface area contributed by atoms with E-state index in [1.54, 1.807) is 19.4 Å². The number of aromatic nitrogens is 2. The van der Waals surface area contributed by atoms with Gasteiger partial charge in [0, 0.05) is 25.5 Å². The number of carbonyl (C=O) groups excluding carboxylic acids is 1. The van der Waals surface area contributed by atoms with Crippen molar-refractivity contribution < 1.29 is 13.9 Å². The molecule has 0 bridgehead atoms. The van der Waals surface area contributed by atoms with Gasteiger partial charge in [0.1, 0.15) is 11.6 Å². The fraction of sp³-hybridized carbons (Fsp3) is 0.333. The van der Waals surface area contributed by atoms with E-state index in [0.717, 1.165) is 19.0 Å². The fourth-order valence-electron chi connectivity index (χ4n) is 1.85. The van der Waals surface area contributed by atoms with Crippen LogP contribution in [0.2, 0.25) is 5.02 Å². The lowest BCUT2D eigenvalue weighted by molar-refractivity contribution is -0.127. The number of rotatable bonds is 7. The highest BCUT2D eigenvalue weighted by Crippen LogP contribution is 2.25. The Bertz CT molecular complexity index is 619. The SMILES string of the molecule is CC(Oc1ccc(F)cc1Cl)C(=O)NCCCn1ccnc1. The maximum absolute atomic E-state index is 12.9. The van der Waals surface area contributed by atoms with Gasteiger partial charge in [-0.25, -0.2) is 9.37 Å². The minimum absolute atomic E-state index is 0.139. The van der Waals surface area contributed by atoms with Crippen LogP contribution in [0.25, 0.3) is 0 Å². The van der Waals surface area contributed by atoms with Gasteiger partial charge in [-0.2, -0.15) is 0 Å². The molecule has 0 saturated carbocycles. The van der Waals surface area contributed by atoms with Crippen LogP contribution in [0.4, 0.5) is 4.39 Å². The minimum atomic E-state index is -0.712. The first-order chi connectivity index (χ1) is 10.6. The molecule has 5 nitrogen and oxygen atoms in total. The Balaban J connectivity index is 1.74. The third-order valence-electron chi connectivity index (χ3n) is 3.02. The molecule has 0 aliphatic rings. The number of hydrogen-bond acceptors (Lipinski definition) is 3. The van der Waals surface area contributed by atoms with Crippen molar-refractivity contribution in [3.63, 3.8) is 0 Å². The molecule has 0 aliphatic carbocycles. The minimum Gasteiger partial charge on any atom is -0.479 e. The molecular formula is C15H17ClFN3O2. The summed E-state index contributed by atoms with van der Waals surface area (Å²) in [6, 6.07) is 3.78. The van der Waals surface area contributed by atoms with Gasteiger partial charge in [0.05, 0.1) is 11.3 Å². The molecule has 0 radical (unpaired) electrons. The predicted octanol–water partition coefficient (Wildman–Crippen LogP) is 2.65. The van der Waals surface area contributed by atoms with Gasteiger partial charge < -0.3 is 14.6 Å². The molecule has 2 rings (SSSR count). The first-order valence-electron chi connectivity index (χ1n) is 6.91. The highest BCUT2D eigenvalue weighted by Gasteiger charge is 2.15. The van der Waals surface area contributed by atoms with E-state index in [1.165, 1.54) is 12.1 Å². The molecule has 1 atom stereocenters. The summed E-state index contributed by atoms with van der Waals surface area (Å²) in [5.74, 6) is -0.413. The first kappa shape index (κ1) is 16.3. The zero-order valence-electron chi connectivity index (χ0n) is 12.1. The van der Waals surface area contributed by atoms with Crippen molar-refractivity contribution in [3.8, 4) is 5.75 Å². The van der Waals surface area contributed by atoms with E-state index >= 15 is 0 Å². The predicted molar refractivity (Wildman–Crippen MR) is 81.4 cm³/mol. The first-order valence-corrected chi connectivity index (χ1v) is 7.29. The van der Waals surface area contributed by atoms with Crippen LogP contribution in [0.3, 0.4) is 0 Å². The van der Waals surface area contributed by atoms with Crippen molar-refractivity contribution >= 4 is 17.5 Å². The van der Waals surface area contributed by atoms with Gasteiger partial charge in [0.15, 0.2) is 6.10 Å². The number of ether oxygens (including phenoxy) is 1. The summed E-state index contributed by atoms with van der Waals surface area (Å²) in [6.45, 7) is 2.92. The smallest absolute Gasteiger partial charge is 0.260 e. The van der Waals surface area contributed by atoms with Crippen LogP contribution in [-0.4, -0.2) is 28.1 Å². The average molecular weight is 326 g/mol. The lowest BCUT2D eigenvalue weighted by Crippen LogP contribution is -2.37. The van der Waals surface area contributed by atoms with Crippen LogP contribution in [0.1, 0.15) is 13.3 Å². The van der Waals surface area contributed by atoms with Crippen molar-refractivity contribution in [1.82, 2.24) is 14.9 Å². The summed E-state index contributed by atoms with van der Waals surface area (Å²) in [5, 5.41) is 2.92. The summed E-state index contributed by atoms with van der Waals surface area (Å²) < 4.78 is 20.3. The van der Waals surface area contributed by atoms with Crippen LogP contribution in [-0.2, 0) is 11.3 Å². The third-order valence-corrected chi connectivity index (χ3v) is 3.31. The van der Waals surface area contributed by atoms with Gasteiger partial charge in [-0.3, -0.25) is 4.79 Å². The summed E-state index contributed by atoms with van der Waals surface area (Å²) in [5.41, 5.74) is 0. The second-order valence-corrected chi connectivity index (χ2v) is 5.19. The Labute approximate surface area is 133 Å². The van der Waals surface area contributed by atoms with Gasteiger partial charge in [0.2, 0.25) is 0 Å². The van der Waals surface area contributed by atoms with Gasteiger partial charge in [-0.05, 0) is 31.5 Å². The van der Waals surface area contributed by atoms with Crippen molar-refractivity contribution in [3.05, 3.63) is 47.8 Å². The molecule has 0 spiro atoms. The largest absolute Gasteiger partial charge is 0.479 e. The normalized spacial score (nSPS) is 12.0. The lowest BCUT2D eigenvalue weighted by Gasteiger charge is -2.15. The molecule has 118 valence electrons. The maximum Gasteiger partial charge on any atom is 0.260 e. The van der Waals surface area contributed by atoms with Crippen LogP contribution in [0.15, 0.2) is 36.9 Å². The molecule has 1 unspecified atom stereocenters. The van der Waals surface area contributed by atoms with Crippen LogP contribution < -0.4 is 10.1 Å². The number of imidazole rings is 1. The number of nitrogens with one attached hydrogen (secondary N) is 1. The number of benzene rings is 1. The van der Waals surface area contributed by atoms with E-state index < -0.39 is 11.9 Å². The van der Waals surface area contributed by atoms with Gasteiger partial charge in [-0.15, -0.1) is 0 Å². The lowest BCUT2D eigenvalue weighted by atomic mass is 10.3. The number of amides is 1. The maximum atomic E-state index is 12.9. The summed E-state index contributed by atoms with van der Waals surface area (Å²) in [7, 11) is 0. The van der Waals surface area contributed by atoms with E-state index in [9.17, 15) is 9.18 Å². The van der Waals surface area contributed by atoms with Crippen molar-refractivity contribution in [1.29, 1.82) is 0 Å². The molecule has 0 saturated heterocycles. The van der Waals surface area contributed by atoms with Gasteiger partial charge in [0.25, 0.3) is 5.91 Å². The van der Waals surface area contributed by atoms with Crippen molar-refractivity contribution in [2.45, 2.75) is 26.0 Å². The van der Waals surface area contributed by atoms with Crippen LogP contribution in [0.5, 0.6) is 5.75 Å². The fourth-order valence-corrected chi connectivity index (χ4v) is 2.06. The summed E-state index contributed by atoms with van der Waals surface area (Å²) >= 11 is 5.86. The number of halogens is 2. The topological polar surface area (TPSA) is 56.1 Å². The van der Waals surface area contributed by atoms with E-state index in [1.807, 2.05) is 10.8 Å². The van der Waals surface area contributed by atoms with Crippen molar-refractivity contribution in [2.75, 3.05) is 6.54 Å². The van der Waals surface area contributed by atoms with Crippen molar-refractivity contribution in [2.24, 2.45) is 0 Å². The second-order valence-electron chi connectivity index (χ2n) is 4.78. The highest BCUT2D eigenvalue weighted by atomic mass is 35.5. The molecule has 1 aromatic heterocycles. The van der Waals surface area contributed by atoms with E-state index in [-0.39, 0.29) is 16.7 Å². The Morgan fingerprint density at radius 2 is 2.36 bits per heavy atom. The van der Waals surface area contributed by atoms with Gasteiger partial charge in [-0.1, -0.05) is 11.6 Å². The third kappa shape index (κ3) is 4.73. The highest BCUT2D eigenvalue weighted by molar-refractivity contribution is 6.32. The van der Waals surface area contributed by atoms with Crippen LogP contribution >= 0.6 is 11.6 Å². The Morgan fingerprint density at radius 3 is 3.05 bits per heavy atom.